The van der Waals surface area contributed by atoms with Crippen molar-refractivity contribution in [3.05, 3.63) is 57.3 Å². The minimum atomic E-state index is -3.19. The molecule has 1 amide bonds. The van der Waals surface area contributed by atoms with Crippen molar-refractivity contribution in [2.75, 3.05) is 19.4 Å². The molecular formula is C18H19NO5S2. The maximum atomic E-state index is 12.3. The zero-order valence-corrected chi connectivity index (χ0v) is 15.9. The Balaban J connectivity index is 1.57. The lowest BCUT2D eigenvalue weighted by atomic mass is 10.1. The molecule has 2 aromatic rings. The SMILES string of the molecule is CS(=O)(=O)Cc1cccc(C(=O)OCC(=O)N2CCc3sccc3C2)c1. The largest absolute Gasteiger partial charge is 0.452 e. The van der Waals surface area contributed by atoms with Crippen LogP contribution in [0.4, 0.5) is 0 Å². The molecule has 1 aliphatic rings. The third kappa shape index (κ3) is 4.70. The van der Waals surface area contributed by atoms with Gasteiger partial charge in [-0.3, -0.25) is 4.79 Å². The van der Waals surface area contributed by atoms with E-state index in [9.17, 15) is 18.0 Å². The standard InChI is InChI=1S/C18H19NO5S2/c1-26(22,23)12-13-3-2-4-14(9-13)18(21)24-11-17(20)19-7-5-16-15(10-19)6-8-25-16/h2-4,6,8-9H,5,7,10-12H2,1H3. The lowest BCUT2D eigenvalue weighted by molar-refractivity contribution is -0.135. The number of benzene rings is 1. The van der Waals surface area contributed by atoms with Crippen LogP contribution in [-0.4, -0.2) is 44.6 Å². The number of carbonyl (C=O) groups is 2. The number of rotatable bonds is 5. The highest BCUT2D eigenvalue weighted by molar-refractivity contribution is 7.89. The fourth-order valence-corrected chi connectivity index (χ4v) is 4.53. The van der Waals surface area contributed by atoms with Crippen LogP contribution in [0.25, 0.3) is 0 Å². The Bertz CT molecular complexity index is 933. The first-order chi connectivity index (χ1) is 12.3. The van der Waals surface area contributed by atoms with Gasteiger partial charge in [0, 0.05) is 24.2 Å². The van der Waals surface area contributed by atoms with E-state index in [0.717, 1.165) is 18.2 Å². The molecule has 1 aromatic heterocycles. The van der Waals surface area contributed by atoms with Crippen molar-refractivity contribution < 1.29 is 22.7 Å². The summed E-state index contributed by atoms with van der Waals surface area (Å²) in [5, 5.41) is 2.02. The number of sulfone groups is 1. The van der Waals surface area contributed by atoms with Gasteiger partial charge in [-0.1, -0.05) is 12.1 Å². The van der Waals surface area contributed by atoms with E-state index in [1.165, 1.54) is 17.0 Å². The quantitative estimate of drug-likeness (QED) is 0.726. The van der Waals surface area contributed by atoms with Crippen molar-refractivity contribution in [1.29, 1.82) is 0 Å². The number of ether oxygens (including phenoxy) is 1. The average Bonchev–Trinajstić information content (AvgIpc) is 3.05. The molecule has 2 heterocycles. The van der Waals surface area contributed by atoms with E-state index in [2.05, 4.69) is 0 Å². The van der Waals surface area contributed by atoms with Gasteiger partial charge in [0.15, 0.2) is 16.4 Å². The first kappa shape index (κ1) is 18.6. The Hall–Kier alpha value is -2.19. The lowest BCUT2D eigenvalue weighted by Crippen LogP contribution is -2.38. The van der Waals surface area contributed by atoms with E-state index < -0.39 is 15.8 Å². The van der Waals surface area contributed by atoms with E-state index in [0.29, 0.717) is 18.7 Å². The van der Waals surface area contributed by atoms with Crippen LogP contribution in [0, 0.1) is 0 Å². The van der Waals surface area contributed by atoms with Crippen molar-refractivity contribution in [2.45, 2.75) is 18.7 Å². The van der Waals surface area contributed by atoms with E-state index in [4.69, 9.17) is 4.74 Å². The van der Waals surface area contributed by atoms with Crippen LogP contribution >= 0.6 is 11.3 Å². The summed E-state index contributed by atoms with van der Waals surface area (Å²) >= 11 is 1.69. The number of thiophene rings is 1. The molecule has 0 fully saturated rings. The number of amides is 1. The van der Waals surface area contributed by atoms with Gasteiger partial charge in [0.2, 0.25) is 0 Å². The van der Waals surface area contributed by atoms with Gasteiger partial charge >= 0.3 is 5.97 Å². The van der Waals surface area contributed by atoms with Crippen LogP contribution in [0.2, 0.25) is 0 Å². The zero-order valence-electron chi connectivity index (χ0n) is 14.3. The highest BCUT2D eigenvalue weighted by Crippen LogP contribution is 2.24. The summed E-state index contributed by atoms with van der Waals surface area (Å²) < 4.78 is 27.9. The lowest BCUT2D eigenvalue weighted by Gasteiger charge is -2.26. The average molecular weight is 393 g/mol. The summed E-state index contributed by atoms with van der Waals surface area (Å²) in [6.07, 6.45) is 1.95. The van der Waals surface area contributed by atoms with E-state index >= 15 is 0 Å². The third-order valence-electron chi connectivity index (χ3n) is 4.08. The molecule has 0 N–H and O–H groups in total. The maximum absolute atomic E-state index is 12.3. The van der Waals surface area contributed by atoms with Crippen molar-refractivity contribution >= 4 is 33.1 Å². The second-order valence-electron chi connectivity index (χ2n) is 6.28. The van der Waals surface area contributed by atoms with Crippen molar-refractivity contribution in [3.8, 4) is 0 Å². The molecule has 6 nitrogen and oxygen atoms in total. The molecule has 26 heavy (non-hydrogen) atoms. The summed E-state index contributed by atoms with van der Waals surface area (Å²) in [4.78, 5) is 27.4. The topological polar surface area (TPSA) is 80.7 Å². The molecule has 1 aliphatic heterocycles. The fraction of sp³-hybridized carbons (Fsp3) is 0.333. The summed E-state index contributed by atoms with van der Waals surface area (Å²) in [5.41, 5.74) is 1.89. The van der Waals surface area contributed by atoms with Crippen LogP contribution in [-0.2, 0) is 38.1 Å². The third-order valence-corrected chi connectivity index (χ3v) is 5.96. The molecule has 0 unspecified atom stereocenters. The first-order valence-electron chi connectivity index (χ1n) is 8.08. The summed E-state index contributed by atoms with van der Waals surface area (Å²) in [6.45, 7) is 0.835. The number of fused-ring (bicyclic) bond motifs is 1. The number of hydrogen-bond donors (Lipinski definition) is 0. The molecule has 0 saturated carbocycles. The van der Waals surface area contributed by atoms with Gasteiger partial charge in [-0.05, 0) is 41.1 Å². The Kier molecular flexibility index (Phi) is 5.43. The predicted molar refractivity (Wildman–Crippen MR) is 98.7 cm³/mol. The highest BCUT2D eigenvalue weighted by atomic mass is 32.2. The Morgan fingerprint density at radius 1 is 1.27 bits per heavy atom. The number of hydrogen-bond acceptors (Lipinski definition) is 6. The van der Waals surface area contributed by atoms with Crippen molar-refractivity contribution in [2.24, 2.45) is 0 Å². The minimum absolute atomic E-state index is 0.149. The van der Waals surface area contributed by atoms with Gasteiger partial charge in [0.25, 0.3) is 5.91 Å². The Morgan fingerprint density at radius 3 is 2.85 bits per heavy atom. The Morgan fingerprint density at radius 2 is 2.08 bits per heavy atom. The van der Waals surface area contributed by atoms with Gasteiger partial charge < -0.3 is 9.64 Å². The van der Waals surface area contributed by atoms with Crippen LogP contribution in [0.15, 0.2) is 35.7 Å². The number of esters is 1. The van der Waals surface area contributed by atoms with Gasteiger partial charge in [-0.25, -0.2) is 13.2 Å². The predicted octanol–water partition coefficient (Wildman–Crippen LogP) is 2.03. The van der Waals surface area contributed by atoms with Gasteiger partial charge in [-0.2, -0.15) is 0 Å². The van der Waals surface area contributed by atoms with E-state index in [-0.39, 0.29) is 23.8 Å². The summed E-state index contributed by atoms with van der Waals surface area (Å²) in [6, 6.07) is 8.26. The normalized spacial score (nSPS) is 14.0. The second kappa shape index (κ2) is 7.59. The van der Waals surface area contributed by atoms with Crippen LogP contribution in [0.3, 0.4) is 0 Å². The fourth-order valence-electron chi connectivity index (χ4n) is 2.85. The maximum Gasteiger partial charge on any atom is 0.338 e. The van der Waals surface area contributed by atoms with Crippen LogP contribution in [0.1, 0.15) is 26.4 Å². The van der Waals surface area contributed by atoms with E-state index in [1.807, 2.05) is 11.4 Å². The molecule has 3 rings (SSSR count). The molecule has 0 spiro atoms. The molecule has 1 aromatic carbocycles. The van der Waals surface area contributed by atoms with Gasteiger partial charge in [0.05, 0.1) is 11.3 Å². The molecular weight excluding hydrogens is 374 g/mol. The number of nitrogens with zero attached hydrogens (tertiary/aromatic N) is 1. The number of carbonyl (C=O) groups excluding carboxylic acids is 2. The highest BCUT2D eigenvalue weighted by Gasteiger charge is 2.22. The zero-order chi connectivity index (χ0) is 18.7. The summed E-state index contributed by atoms with van der Waals surface area (Å²) in [5.74, 6) is -1.02. The van der Waals surface area contributed by atoms with Crippen molar-refractivity contribution in [3.63, 3.8) is 0 Å². The molecule has 0 saturated heterocycles. The second-order valence-corrected chi connectivity index (χ2v) is 9.42. The first-order valence-corrected chi connectivity index (χ1v) is 11.0. The van der Waals surface area contributed by atoms with Crippen LogP contribution in [0.5, 0.6) is 0 Å². The summed E-state index contributed by atoms with van der Waals surface area (Å²) in [7, 11) is -3.19. The van der Waals surface area contributed by atoms with Crippen molar-refractivity contribution in [1.82, 2.24) is 4.90 Å². The molecule has 0 atom stereocenters. The molecule has 0 radical (unpaired) electrons. The van der Waals surface area contributed by atoms with E-state index in [1.54, 1.807) is 28.4 Å². The van der Waals surface area contributed by atoms with Gasteiger partial charge in [0.1, 0.15) is 0 Å². The molecule has 0 bridgehead atoms. The smallest absolute Gasteiger partial charge is 0.338 e. The van der Waals surface area contributed by atoms with Crippen LogP contribution < -0.4 is 0 Å². The molecule has 0 aliphatic carbocycles. The molecule has 138 valence electrons. The minimum Gasteiger partial charge on any atom is -0.452 e. The van der Waals surface area contributed by atoms with Gasteiger partial charge in [-0.15, -0.1) is 11.3 Å². The monoisotopic (exact) mass is 393 g/mol. The molecule has 8 heteroatoms. The Labute approximate surface area is 156 Å².